The van der Waals surface area contributed by atoms with E-state index in [0.717, 1.165) is 10.8 Å². The van der Waals surface area contributed by atoms with Gasteiger partial charge < -0.3 is 14.9 Å². The molecule has 0 saturated carbocycles. The van der Waals surface area contributed by atoms with Crippen molar-refractivity contribution in [1.29, 1.82) is 0 Å². The molecular formula is C14H15NO3. The number of aliphatic hydroxyl groups excluding tert-OH is 1. The third kappa shape index (κ3) is 2.28. The second kappa shape index (κ2) is 5.51. The van der Waals surface area contributed by atoms with E-state index in [1.807, 2.05) is 24.3 Å². The van der Waals surface area contributed by atoms with E-state index in [9.17, 15) is 5.11 Å². The average Bonchev–Trinajstić information content (AvgIpc) is 2.41. The first-order valence-electron chi connectivity index (χ1n) is 5.67. The molecule has 0 bridgehead atoms. The number of aliphatic hydroxyl groups is 1. The van der Waals surface area contributed by atoms with Gasteiger partial charge in [-0.2, -0.15) is 0 Å². The van der Waals surface area contributed by atoms with Crippen LogP contribution in [0.2, 0.25) is 0 Å². The fourth-order valence-electron chi connectivity index (χ4n) is 1.87. The molecule has 4 heteroatoms. The molecule has 0 radical (unpaired) electrons. The molecule has 0 fully saturated rings. The SMILES string of the molecule is COc1cc(O)c(C=NCCO)c2ccccc12. The molecule has 0 aliphatic rings. The maximum Gasteiger partial charge on any atom is 0.130 e. The predicted molar refractivity (Wildman–Crippen MR) is 71.7 cm³/mol. The van der Waals surface area contributed by atoms with E-state index in [0.29, 0.717) is 17.9 Å². The van der Waals surface area contributed by atoms with Crippen molar-refractivity contribution < 1.29 is 14.9 Å². The van der Waals surface area contributed by atoms with Crippen molar-refractivity contribution >= 4 is 17.0 Å². The minimum absolute atomic E-state index is 0.00858. The van der Waals surface area contributed by atoms with Gasteiger partial charge in [-0.05, 0) is 5.39 Å². The third-order valence-electron chi connectivity index (χ3n) is 2.70. The molecular weight excluding hydrogens is 230 g/mol. The number of phenols is 1. The Balaban J connectivity index is 2.62. The maximum atomic E-state index is 9.99. The number of nitrogens with zero attached hydrogens (tertiary/aromatic N) is 1. The number of fused-ring (bicyclic) bond motifs is 1. The van der Waals surface area contributed by atoms with Gasteiger partial charge >= 0.3 is 0 Å². The maximum absolute atomic E-state index is 9.99. The summed E-state index contributed by atoms with van der Waals surface area (Å²) in [4.78, 5) is 4.05. The van der Waals surface area contributed by atoms with Gasteiger partial charge in [0.05, 0.1) is 20.3 Å². The molecule has 0 saturated heterocycles. The summed E-state index contributed by atoms with van der Waals surface area (Å²) in [6.07, 6.45) is 1.58. The normalized spacial score (nSPS) is 11.2. The number of aromatic hydroxyl groups is 1. The molecule has 2 N–H and O–H groups in total. The summed E-state index contributed by atoms with van der Waals surface area (Å²) < 4.78 is 5.24. The van der Waals surface area contributed by atoms with Gasteiger partial charge in [0.1, 0.15) is 11.5 Å². The van der Waals surface area contributed by atoms with Gasteiger partial charge in [-0.25, -0.2) is 0 Å². The number of aliphatic imine (C=N–C) groups is 1. The summed E-state index contributed by atoms with van der Waals surface area (Å²) in [6, 6.07) is 9.21. The number of benzene rings is 2. The number of rotatable bonds is 4. The molecule has 94 valence electrons. The van der Waals surface area contributed by atoms with Gasteiger partial charge in [0.15, 0.2) is 0 Å². The van der Waals surface area contributed by atoms with Crippen molar-refractivity contribution in [3.63, 3.8) is 0 Å². The standard InChI is InChI=1S/C14H15NO3/c1-18-14-8-13(17)12(9-15-6-7-16)10-4-2-3-5-11(10)14/h2-5,8-9,16-17H,6-7H2,1H3. The number of ether oxygens (including phenoxy) is 1. The second-order valence-corrected chi connectivity index (χ2v) is 3.82. The quantitative estimate of drug-likeness (QED) is 0.809. The van der Waals surface area contributed by atoms with E-state index in [-0.39, 0.29) is 12.4 Å². The molecule has 0 aliphatic carbocycles. The summed E-state index contributed by atoms with van der Waals surface area (Å²) in [5.74, 6) is 0.745. The number of methoxy groups -OCH3 is 1. The molecule has 0 spiro atoms. The van der Waals surface area contributed by atoms with Crippen molar-refractivity contribution in [2.75, 3.05) is 20.3 Å². The second-order valence-electron chi connectivity index (χ2n) is 3.82. The minimum atomic E-state index is -0.00858. The Hall–Kier alpha value is -2.07. The van der Waals surface area contributed by atoms with Crippen LogP contribution in [0.3, 0.4) is 0 Å². The lowest BCUT2D eigenvalue weighted by atomic mass is 10.0. The Morgan fingerprint density at radius 3 is 2.67 bits per heavy atom. The lowest BCUT2D eigenvalue weighted by molar-refractivity contribution is 0.307. The Labute approximate surface area is 105 Å². The van der Waals surface area contributed by atoms with Crippen LogP contribution < -0.4 is 4.74 Å². The van der Waals surface area contributed by atoms with Crippen molar-refractivity contribution in [2.45, 2.75) is 0 Å². The van der Waals surface area contributed by atoms with Crippen LogP contribution in [0.1, 0.15) is 5.56 Å². The first kappa shape index (κ1) is 12.4. The highest BCUT2D eigenvalue weighted by Crippen LogP contribution is 2.33. The van der Waals surface area contributed by atoms with E-state index in [2.05, 4.69) is 4.99 Å². The summed E-state index contributed by atoms with van der Waals surface area (Å²) in [7, 11) is 1.57. The summed E-state index contributed by atoms with van der Waals surface area (Å²) in [6.45, 7) is 0.311. The zero-order chi connectivity index (χ0) is 13.0. The molecule has 0 atom stereocenters. The van der Waals surface area contributed by atoms with Crippen LogP contribution in [0.25, 0.3) is 10.8 Å². The number of hydrogen-bond donors (Lipinski definition) is 2. The molecule has 4 nitrogen and oxygen atoms in total. The Bertz CT molecular complexity index is 579. The van der Waals surface area contributed by atoms with Crippen LogP contribution in [-0.2, 0) is 0 Å². The molecule has 0 aromatic heterocycles. The van der Waals surface area contributed by atoms with Crippen molar-refractivity contribution in [3.05, 3.63) is 35.9 Å². The van der Waals surface area contributed by atoms with Gasteiger partial charge in [-0.1, -0.05) is 24.3 Å². The van der Waals surface area contributed by atoms with E-state index in [4.69, 9.17) is 9.84 Å². The van der Waals surface area contributed by atoms with Crippen LogP contribution in [-0.4, -0.2) is 36.7 Å². The highest BCUT2D eigenvalue weighted by Gasteiger charge is 2.09. The monoisotopic (exact) mass is 245 g/mol. The summed E-state index contributed by atoms with van der Waals surface area (Å²) >= 11 is 0. The summed E-state index contributed by atoms with van der Waals surface area (Å²) in [5.41, 5.74) is 0.639. The number of hydrogen-bond acceptors (Lipinski definition) is 4. The van der Waals surface area contributed by atoms with Crippen LogP contribution in [0, 0.1) is 0 Å². The molecule has 0 aliphatic heterocycles. The Morgan fingerprint density at radius 2 is 2.00 bits per heavy atom. The van der Waals surface area contributed by atoms with E-state index >= 15 is 0 Å². The van der Waals surface area contributed by atoms with Gasteiger partial charge in [-0.15, -0.1) is 0 Å². The molecule has 0 heterocycles. The minimum Gasteiger partial charge on any atom is -0.507 e. The molecule has 2 aromatic rings. The average molecular weight is 245 g/mol. The fourth-order valence-corrected chi connectivity index (χ4v) is 1.87. The van der Waals surface area contributed by atoms with E-state index in [1.54, 1.807) is 19.4 Å². The highest BCUT2D eigenvalue weighted by atomic mass is 16.5. The van der Waals surface area contributed by atoms with Crippen molar-refractivity contribution in [1.82, 2.24) is 0 Å². The van der Waals surface area contributed by atoms with Crippen molar-refractivity contribution in [3.8, 4) is 11.5 Å². The Morgan fingerprint density at radius 1 is 1.28 bits per heavy atom. The van der Waals surface area contributed by atoms with Crippen LogP contribution in [0.15, 0.2) is 35.3 Å². The zero-order valence-electron chi connectivity index (χ0n) is 10.1. The van der Waals surface area contributed by atoms with Gasteiger partial charge in [0.25, 0.3) is 0 Å². The molecule has 2 rings (SSSR count). The predicted octanol–water partition coefficient (Wildman–Crippen LogP) is 1.97. The first-order chi connectivity index (χ1) is 8.77. The Kier molecular flexibility index (Phi) is 3.79. The van der Waals surface area contributed by atoms with Gasteiger partial charge in [0.2, 0.25) is 0 Å². The van der Waals surface area contributed by atoms with Crippen LogP contribution >= 0.6 is 0 Å². The lowest BCUT2D eigenvalue weighted by Gasteiger charge is -2.09. The van der Waals surface area contributed by atoms with Gasteiger partial charge in [0, 0.05) is 23.2 Å². The van der Waals surface area contributed by atoms with Crippen molar-refractivity contribution in [2.24, 2.45) is 4.99 Å². The van der Waals surface area contributed by atoms with Gasteiger partial charge in [-0.3, -0.25) is 4.99 Å². The van der Waals surface area contributed by atoms with Crippen LogP contribution in [0.4, 0.5) is 0 Å². The zero-order valence-corrected chi connectivity index (χ0v) is 10.1. The smallest absolute Gasteiger partial charge is 0.130 e. The third-order valence-corrected chi connectivity index (χ3v) is 2.70. The largest absolute Gasteiger partial charge is 0.507 e. The molecule has 2 aromatic carbocycles. The lowest BCUT2D eigenvalue weighted by Crippen LogP contribution is -1.93. The molecule has 0 amide bonds. The fraction of sp³-hybridized carbons (Fsp3) is 0.214. The van der Waals surface area contributed by atoms with E-state index in [1.165, 1.54) is 0 Å². The molecule has 18 heavy (non-hydrogen) atoms. The number of phenolic OH excluding ortho intramolecular Hbond substituents is 1. The van der Waals surface area contributed by atoms with E-state index < -0.39 is 0 Å². The highest BCUT2D eigenvalue weighted by molar-refractivity contribution is 6.04. The molecule has 0 unspecified atom stereocenters. The topological polar surface area (TPSA) is 62.0 Å². The van der Waals surface area contributed by atoms with Crippen LogP contribution in [0.5, 0.6) is 11.5 Å². The first-order valence-corrected chi connectivity index (χ1v) is 5.67. The summed E-state index contributed by atoms with van der Waals surface area (Å²) in [5, 5.41) is 20.5.